The predicted molar refractivity (Wildman–Crippen MR) is 36.8 cm³/mol. The minimum atomic E-state index is 0.841. The van der Waals surface area contributed by atoms with Crippen LogP contribution in [0.1, 0.15) is 11.1 Å². The Bertz CT molecular complexity index is 249. The Morgan fingerprint density at radius 2 is 1.22 bits per heavy atom. The van der Waals surface area contributed by atoms with Crippen molar-refractivity contribution in [3.8, 4) is 0 Å². The van der Waals surface area contributed by atoms with E-state index < -0.39 is 0 Å². The van der Waals surface area contributed by atoms with E-state index in [1.807, 2.05) is 0 Å². The molecule has 0 radical (unpaired) electrons. The Hall–Kier alpha value is -0.521. The van der Waals surface area contributed by atoms with Gasteiger partial charge in [-0.2, -0.15) is 0 Å². The summed E-state index contributed by atoms with van der Waals surface area (Å²) in [4.78, 5) is 4.52. The van der Waals surface area contributed by atoms with Crippen molar-refractivity contribution in [1.29, 1.82) is 0 Å². The molecular weight excluding hydrogens is 151 g/mol. The molecule has 0 saturated carbocycles. The van der Waals surface area contributed by atoms with Crippen LogP contribution in [0.3, 0.4) is 0 Å². The fourth-order valence-electron chi connectivity index (χ4n) is 0.818. The monoisotopic (exact) mass is 157 g/mol. The number of benzene rings is 1. The first-order chi connectivity index (χ1) is 4.45. The van der Waals surface area contributed by atoms with Crippen LogP contribution in [-0.2, 0) is 14.1 Å². The van der Waals surface area contributed by atoms with Crippen LogP contribution < -0.4 is 0 Å². The van der Waals surface area contributed by atoms with E-state index in [9.17, 15) is 0 Å². The van der Waals surface area contributed by atoms with Crippen molar-refractivity contribution in [3.63, 3.8) is 0 Å². The molecule has 0 unspecified atom stereocenters. The molecule has 0 aliphatic carbocycles. The first-order valence-corrected chi connectivity index (χ1v) is 4.20. The van der Waals surface area contributed by atoms with Gasteiger partial charge in [-0.25, -0.2) is 0 Å². The second-order valence-electron chi connectivity index (χ2n) is 2.01. The Morgan fingerprint density at radius 3 is 1.67 bits per heavy atom. The van der Waals surface area contributed by atoms with Crippen LogP contribution in [0, 0.1) is 0 Å². The zero-order valence-electron chi connectivity index (χ0n) is 4.84. The zero-order chi connectivity index (χ0) is 6.10. The molecule has 2 heterocycles. The summed E-state index contributed by atoms with van der Waals surface area (Å²) in [6.07, 6.45) is 0. The van der Waals surface area contributed by atoms with Gasteiger partial charge >= 0.3 is 59.3 Å². The van der Waals surface area contributed by atoms with Gasteiger partial charge in [-0.05, 0) is 0 Å². The summed E-state index contributed by atoms with van der Waals surface area (Å²) in [6, 6.07) is 8.64. The average molecular weight is 157 g/mol. The SMILES string of the molecule is [CH]1=[Mn]=[CH]c2ccc1cc2. The molecule has 45 valence electrons. The second kappa shape index (κ2) is 2.02. The van der Waals surface area contributed by atoms with Crippen molar-refractivity contribution in [2.24, 2.45) is 0 Å². The Kier molecular flexibility index (Phi) is 1.18. The van der Waals surface area contributed by atoms with E-state index in [1.54, 1.807) is 0 Å². The molecule has 0 fully saturated rings. The topological polar surface area (TPSA) is 0 Å². The van der Waals surface area contributed by atoms with Gasteiger partial charge in [-0.1, -0.05) is 0 Å². The van der Waals surface area contributed by atoms with Crippen LogP contribution in [-0.4, -0.2) is 9.84 Å². The molecule has 3 rings (SSSR count). The molecule has 9 heavy (non-hydrogen) atoms. The van der Waals surface area contributed by atoms with Gasteiger partial charge < -0.3 is 0 Å². The fraction of sp³-hybridized carbons (Fsp3) is 0. The van der Waals surface area contributed by atoms with Crippen LogP contribution in [0.25, 0.3) is 0 Å². The molecule has 1 aromatic carbocycles. The fourth-order valence-corrected chi connectivity index (χ4v) is 1.83. The third-order valence-corrected chi connectivity index (χ3v) is 2.49. The van der Waals surface area contributed by atoms with Gasteiger partial charge in [0.1, 0.15) is 0 Å². The molecule has 0 aromatic heterocycles. The molecule has 0 amide bonds. The summed E-state index contributed by atoms with van der Waals surface area (Å²) in [7, 11) is 0. The Labute approximate surface area is 59.8 Å². The zero-order valence-corrected chi connectivity index (χ0v) is 6.02. The van der Waals surface area contributed by atoms with Gasteiger partial charge in [0.2, 0.25) is 0 Å². The first kappa shape index (κ1) is 5.28. The normalized spacial score (nSPS) is 12.9. The predicted octanol–water partition coefficient (Wildman–Crippen LogP) is 1.08. The molecule has 0 saturated heterocycles. The van der Waals surface area contributed by atoms with E-state index in [0.717, 1.165) is 14.1 Å². The van der Waals surface area contributed by atoms with Crippen LogP contribution in [0.15, 0.2) is 24.3 Å². The van der Waals surface area contributed by atoms with Gasteiger partial charge in [-0.15, -0.1) is 0 Å². The summed E-state index contributed by atoms with van der Waals surface area (Å²) in [6.45, 7) is 0. The summed E-state index contributed by atoms with van der Waals surface area (Å²) in [5, 5.41) is 0. The molecule has 1 aromatic rings. The number of hydrogen-bond acceptors (Lipinski definition) is 0. The third kappa shape index (κ3) is 0.937. The van der Waals surface area contributed by atoms with Gasteiger partial charge in [0, 0.05) is 0 Å². The van der Waals surface area contributed by atoms with Crippen LogP contribution in [0.4, 0.5) is 0 Å². The van der Waals surface area contributed by atoms with Crippen LogP contribution in [0.2, 0.25) is 0 Å². The van der Waals surface area contributed by atoms with E-state index in [0.29, 0.717) is 0 Å². The van der Waals surface area contributed by atoms with Crippen molar-refractivity contribution in [2.45, 2.75) is 0 Å². The average Bonchev–Trinajstić information content (AvgIpc) is 2.21. The number of rotatable bonds is 0. The van der Waals surface area contributed by atoms with Gasteiger partial charge in [0.25, 0.3) is 0 Å². The van der Waals surface area contributed by atoms with Crippen LogP contribution in [0.5, 0.6) is 0 Å². The van der Waals surface area contributed by atoms with E-state index in [2.05, 4.69) is 34.1 Å². The van der Waals surface area contributed by atoms with Crippen molar-refractivity contribution in [2.75, 3.05) is 0 Å². The Balaban J connectivity index is 2.84. The Morgan fingerprint density at radius 1 is 0.778 bits per heavy atom. The van der Waals surface area contributed by atoms with E-state index in [-0.39, 0.29) is 0 Å². The van der Waals surface area contributed by atoms with Crippen molar-refractivity contribution in [3.05, 3.63) is 35.4 Å². The second-order valence-corrected chi connectivity index (χ2v) is 3.09. The number of hydrogen-bond donors (Lipinski definition) is 0. The van der Waals surface area contributed by atoms with Gasteiger partial charge in [-0.3, -0.25) is 0 Å². The maximum atomic E-state index is 2.26. The summed E-state index contributed by atoms with van der Waals surface area (Å²) in [5.41, 5.74) is 2.71. The van der Waals surface area contributed by atoms with Gasteiger partial charge in [0.05, 0.1) is 0 Å². The van der Waals surface area contributed by atoms with Crippen molar-refractivity contribution < 1.29 is 14.1 Å². The number of fused-ring (bicyclic) bond motifs is 2. The van der Waals surface area contributed by atoms with Crippen molar-refractivity contribution >= 4 is 9.84 Å². The summed E-state index contributed by atoms with van der Waals surface area (Å²) < 4.78 is 0. The molecule has 2 aliphatic rings. The van der Waals surface area contributed by atoms with Crippen molar-refractivity contribution in [1.82, 2.24) is 0 Å². The first-order valence-electron chi connectivity index (χ1n) is 2.84. The maximum absolute atomic E-state index is 2.26. The van der Waals surface area contributed by atoms with Gasteiger partial charge in [0.15, 0.2) is 0 Å². The summed E-state index contributed by atoms with van der Waals surface area (Å²) >= 11 is 0.841. The third-order valence-electron chi connectivity index (χ3n) is 1.31. The summed E-state index contributed by atoms with van der Waals surface area (Å²) in [5.74, 6) is 0. The van der Waals surface area contributed by atoms with E-state index in [4.69, 9.17) is 0 Å². The molecular formula is C8H6Mn. The van der Waals surface area contributed by atoms with E-state index >= 15 is 0 Å². The molecule has 0 N–H and O–H groups in total. The molecule has 1 heteroatoms. The standard InChI is InChI=1S/C8H6.Mn/c1-7-3-5-8(2)6-4-7;/h1-6H;. The van der Waals surface area contributed by atoms with E-state index in [1.165, 1.54) is 11.1 Å². The quantitative estimate of drug-likeness (QED) is 0.502. The molecule has 0 spiro atoms. The van der Waals surface area contributed by atoms with Crippen LogP contribution >= 0.6 is 0 Å². The minimum absolute atomic E-state index is 0.841. The molecule has 0 nitrogen and oxygen atoms in total. The molecule has 2 aliphatic heterocycles. The molecule has 2 bridgehead atoms. The molecule has 0 atom stereocenters.